The van der Waals surface area contributed by atoms with Crippen LogP contribution in [0.15, 0.2) is 24.3 Å². The molecule has 2 atom stereocenters. The van der Waals surface area contributed by atoms with Crippen molar-refractivity contribution in [3.8, 4) is 0 Å². The summed E-state index contributed by atoms with van der Waals surface area (Å²) in [6.07, 6.45) is 3.08. The van der Waals surface area contributed by atoms with Crippen LogP contribution in [-0.4, -0.2) is 47.6 Å². The number of rotatable bonds is 6. The van der Waals surface area contributed by atoms with Crippen molar-refractivity contribution >= 4 is 17.8 Å². The van der Waals surface area contributed by atoms with Crippen LogP contribution >= 0.6 is 0 Å². The number of halogens is 2. The van der Waals surface area contributed by atoms with Crippen LogP contribution in [0.2, 0.25) is 0 Å². The molecule has 4 rings (SSSR count). The van der Waals surface area contributed by atoms with Crippen molar-refractivity contribution in [2.75, 3.05) is 18.5 Å². The summed E-state index contributed by atoms with van der Waals surface area (Å²) in [5.41, 5.74) is 1.08. The van der Waals surface area contributed by atoms with Crippen LogP contribution in [0.5, 0.6) is 0 Å². The number of nitrogens with zero attached hydrogens (tertiary/aromatic N) is 1. The van der Waals surface area contributed by atoms with E-state index in [9.17, 15) is 18.4 Å². The summed E-state index contributed by atoms with van der Waals surface area (Å²) in [5, 5.41) is 12.6. The molecule has 10 heteroatoms. The third-order valence-corrected chi connectivity index (χ3v) is 5.79. The number of aromatic nitrogens is 2. The van der Waals surface area contributed by atoms with Crippen molar-refractivity contribution < 1.29 is 27.8 Å². The predicted molar refractivity (Wildman–Crippen MR) is 111 cm³/mol. The first-order valence-electron chi connectivity index (χ1n) is 10.8. The lowest BCUT2D eigenvalue weighted by Gasteiger charge is -2.23. The lowest BCUT2D eigenvalue weighted by atomic mass is 10.0. The Morgan fingerprint density at radius 3 is 2.59 bits per heavy atom. The maximum Gasteiger partial charge on any atom is 0.407 e. The molecule has 1 saturated carbocycles. The fourth-order valence-electron chi connectivity index (χ4n) is 4.22. The average molecular weight is 448 g/mol. The molecule has 1 saturated heterocycles. The summed E-state index contributed by atoms with van der Waals surface area (Å²) in [5.74, 6) is -1.41. The highest BCUT2D eigenvalue weighted by molar-refractivity contribution is 5.91. The maximum atomic E-state index is 13.3. The number of anilines is 1. The molecule has 2 unspecified atom stereocenters. The first kappa shape index (κ1) is 22.2. The third-order valence-electron chi connectivity index (χ3n) is 5.79. The van der Waals surface area contributed by atoms with Crippen LogP contribution in [-0.2, 0) is 20.7 Å². The van der Waals surface area contributed by atoms with Gasteiger partial charge in [-0.25, -0.2) is 13.6 Å². The van der Waals surface area contributed by atoms with E-state index in [4.69, 9.17) is 9.47 Å². The number of amides is 2. The largest absolute Gasteiger partial charge is 0.446 e. The number of hydrogen-bond donors (Lipinski definition) is 3. The summed E-state index contributed by atoms with van der Waals surface area (Å²) >= 11 is 0. The number of aromatic amines is 1. The number of nitrogens with one attached hydrogen (secondary N) is 3. The maximum absolute atomic E-state index is 13.3. The van der Waals surface area contributed by atoms with Gasteiger partial charge in [0.25, 0.3) is 0 Å². The Bertz CT molecular complexity index is 941. The SMILES string of the molecule is O=C(Cc1cc(F)cc(F)c1)Nc1cc(C2CCC(OC(=O)NC3CCOCC3)C2)[nH]n1. The van der Waals surface area contributed by atoms with Gasteiger partial charge in [-0.3, -0.25) is 9.89 Å². The number of hydrogen-bond acceptors (Lipinski definition) is 5. The summed E-state index contributed by atoms with van der Waals surface area (Å²) in [7, 11) is 0. The van der Waals surface area contributed by atoms with E-state index < -0.39 is 23.6 Å². The van der Waals surface area contributed by atoms with Crippen LogP contribution in [0.1, 0.15) is 49.3 Å². The summed E-state index contributed by atoms with van der Waals surface area (Å²) in [6, 6.07) is 4.83. The van der Waals surface area contributed by atoms with Crippen molar-refractivity contribution in [2.45, 2.75) is 56.6 Å². The highest BCUT2D eigenvalue weighted by Gasteiger charge is 2.30. The molecule has 0 spiro atoms. The molecule has 172 valence electrons. The van der Waals surface area contributed by atoms with Crippen molar-refractivity contribution in [1.29, 1.82) is 0 Å². The molecule has 0 bridgehead atoms. The van der Waals surface area contributed by atoms with Gasteiger partial charge in [0.05, 0.1) is 6.42 Å². The fourth-order valence-corrected chi connectivity index (χ4v) is 4.22. The Kier molecular flexibility index (Phi) is 6.99. The molecule has 2 heterocycles. The van der Waals surface area contributed by atoms with Gasteiger partial charge in [0.2, 0.25) is 5.91 Å². The Hall–Kier alpha value is -3.01. The van der Waals surface area contributed by atoms with E-state index in [0.717, 1.165) is 49.6 Å². The van der Waals surface area contributed by atoms with Gasteiger partial charge in [0.15, 0.2) is 5.82 Å². The lowest BCUT2D eigenvalue weighted by molar-refractivity contribution is -0.115. The summed E-state index contributed by atoms with van der Waals surface area (Å²) in [6.45, 7) is 1.29. The number of carbonyl (C=O) groups excluding carboxylic acids is 2. The molecule has 32 heavy (non-hydrogen) atoms. The number of carbonyl (C=O) groups is 2. The first-order valence-corrected chi connectivity index (χ1v) is 10.8. The van der Waals surface area contributed by atoms with Crippen LogP contribution < -0.4 is 10.6 Å². The number of ether oxygens (including phenoxy) is 2. The molecule has 3 N–H and O–H groups in total. The Morgan fingerprint density at radius 1 is 1.09 bits per heavy atom. The molecule has 1 aromatic heterocycles. The molecular formula is C22H26F2N4O4. The van der Waals surface area contributed by atoms with E-state index in [0.29, 0.717) is 25.5 Å². The second-order valence-electron chi connectivity index (χ2n) is 8.28. The number of H-pyrrole nitrogens is 1. The van der Waals surface area contributed by atoms with Gasteiger partial charge in [0, 0.05) is 43.0 Å². The van der Waals surface area contributed by atoms with E-state index in [1.165, 1.54) is 0 Å². The van der Waals surface area contributed by atoms with Crippen molar-refractivity contribution in [3.63, 3.8) is 0 Å². The molecule has 0 radical (unpaired) electrons. The predicted octanol–water partition coefficient (Wildman–Crippen LogP) is 3.41. The molecule has 2 aliphatic rings. The Balaban J connectivity index is 1.24. The van der Waals surface area contributed by atoms with E-state index in [1.807, 2.05) is 0 Å². The third kappa shape index (κ3) is 6.03. The van der Waals surface area contributed by atoms with E-state index in [1.54, 1.807) is 6.07 Å². The van der Waals surface area contributed by atoms with Crippen molar-refractivity contribution in [3.05, 3.63) is 47.2 Å². The molecule has 2 fully saturated rings. The van der Waals surface area contributed by atoms with Crippen LogP contribution in [0, 0.1) is 11.6 Å². The van der Waals surface area contributed by atoms with Gasteiger partial charge >= 0.3 is 6.09 Å². The van der Waals surface area contributed by atoms with Crippen molar-refractivity contribution in [2.24, 2.45) is 0 Å². The van der Waals surface area contributed by atoms with E-state index in [2.05, 4.69) is 20.8 Å². The van der Waals surface area contributed by atoms with Crippen LogP contribution in [0.25, 0.3) is 0 Å². The standard InChI is InChI=1S/C22H26F2N4O4/c23-15-7-13(8-16(24)11-15)9-21(29)26-20-12-19(27-28-20)14-1-2-18(10-14)32-22(30)25-17-3-5-31-6-4-17/h7-8,11-12,14,17-18H,1-6,9-10H2,(H,25,30)(H2,26,27,28,29). The minimum atomic E-state index is -0.727. The molecule has 2 aromatic rings. The van der Waals surface area contributed by atoms with Gasteiger partial charge < -0.3 is 20.1 Å². The van der Waals surface area contributed by atoms with Gasteiger partial charge in [-0.1, -0.05) is 0 Å². The molecule has 1 aliphatic carbocycles. The topological polar surface area (TPSA) is 105 Å². The first-order chi connectivity index (χ1) is 15.4. The average Bonchev–Trinajstić information content (AvgIpc) is 3.37. The highest BCUT2D eigenvalue weighted by atomic mass is 19.1. The zero-order chi connectivity index (χ0) is 22.5. The van der Waals surface area contributed by atoms with Gasteiger partial charge in [-0.15, -0.1) is 0 Å². The van der Waals surface area contributed by atoms with E-state index >= 15 is 0 Å². The zero-order valence-corrected chi connectivity index (χ0v) is 17.5. The number of alkyl carbamates (subject to hydrolysis) is 1. The Morgan fingerprint density at radius 2 is 1.84 bits per heavy atom. The molecule has 2 amide bonds. The van der Waals surface area contributed by atoms with Gasteiger partial charge in [0.1, 0.15) is 17.7 Å². The normalized spacial score (nSPS) is 21.3. The second kappa shape index (κ2) is 10.1. The molecule has 1 aromatic carbocycles. The molecule has 1 aliphatic heterocycles. The lowest BCUT2D eigenvalue weighted by Crippen LogP contribution is -2.40. The smallest absolute Gasteiger partial charge is 0.407 e. The quantitative estimate of drug-likeness (QED) is 0.628. The summed E-state index contributed by atoms with van der Waals surface area (Å²) < 4.78 is 37.4. The van der Waals surface area contributed by atoms with Gasteiger partial charge in [-0.2, -0.15) is 5.10 Å². The highest BCUT2D eigenvalue weighted by Crippen LogP contribution is 2.35. The van der Waals surface area contributed by atoms with Gasteiger partial charge in [-0.05, 0) is 49.8 Å². The monoisotopic (exact) mass is 448 g/mol. The zero-order valence-electron chi connectivity index (χ0n) is 17.5. The number of benzene rings is 1. The second-order valence-corrected chi connectivity index (χ2v) is 8.28. The van der Waals surface area contributed by atoms with Crippen LogP contribution in [0.3, 0.4) is 0 Å². The minimum absolute atomic E-state index is 0.0936. The molecule has 8 nitrogen and oxygen atoms in total. The van der Waals surface area contributed by atoms with Crippen LogP contribution in [0.4, 0.5) is 19.4 Å². The van der Waals surface area contributed by atoms with E-state index in [-0.39, 0.29) is 30.0 Å². The minimum Gasteiger partial charge on any atom is -0.446 e. The summed E-state index contributed by atoms with van der Waals surface area (Å²) in [4.78, 5) is 24.3. The Labute approximate surface area is 184 Å². The van der Waals surface area contributed by atoms with Crippen molar-refractivity contribution in [1.82, 2.24) is 15.5 Å². The molecular weight excluding hydrogens is 422 g/mol. The fraction of sp³-hybridized carbons (Fsp3) is 0.500.